The molecule has 1 aromatic heterocycles. The summed E-state index contributed by atoms with van der Waals surface area (Å²) in [5, 5.41) is 0.378. The fourth-order valence-corrected chi connectivity index (χ4v) is 3.36. The van der Waals surface area contributed by atoms with Gasteiger partial charge in [-0.2, -0.15) is 0 Å². The number of carbonyl (C=O) groups excluding carboxylic acids is 3. The molecule has 138 valence electrons. The first-order valence-electron chi connectivity index (χ1n) is 8.24. The number of amides is 2. The maximum Gasteiger partial charge on any atom is 0.316 e. The highest BCUT2D eigenvalue weighted by atomic mass is 32.2. The average molecular weight is 377 g/mol. The highest BCUT2D eigenvalue weighted by Crippen LogP contribution is 2.23. The minimum Gasteiger partial charge on any atom is -0.455 e. The molecule has 0 unspecified atom stereocenters. The number of carbonyl (C=O) groups is 3. The number of likely N-dealkylation sites (tertiary alicyclic amines) is 1. The molecule has 26 heavy (non-hydrogen) atoms. The van der Waals surface area contributed by atoms with Crippen LogP contribution in [0.1, 0.15) is 12.8 Å². The van der Waals surface area contributed by atoms with Crippen molar-refractivity contribution >= 4 is 40.6 Å². The number of fused-ring (bicyclic) bond motifs is 1. The first kappa shape index (κ1) is 18.2. The van der Waals surface area contributed by atoms with Crippen LogP contribution < -0.4 is 5.73 Å². The second kappa shape index (κ2) is 8.22. The van der Waals surface area contributed by atoms with Crippen LogP contribution in [0.2, 0.25) is 0 Å². The molecule has 1 saturated heterocycles. The number of nitrogens with two attached hydrogens (primary N) is 1. The molecule has 9 heteroatoms. The Kier molecular flexibility index (Phi) is 5.77. The van der Waals surface area contributed by atoms with Crippen LogP contribution in [0.4, 0.5) is 0 Å². The third-order valence-electron chi connectivity index (χ3n) is 4.19. The molecule has 2 heterocycles. The largest absolute Gasteiger partial charge is 0.455 e. The SMILES string of the molecule is NC(=O)C1CCN(C(=O)COC(=O)CSc2nc3ccccc3o2)CC1. The Balaban J connectivity index is 1.40. The van der Waals surface area contributed by atoms with Crippen molar-refractivity contribution in [2.24, 2.45) is 11.7 Å². The molecule has 1 aromatic carbocycles. The summed E-state index contributed by atoms with van der Waals surface area (Å²) in [4.78, 5) is 40.8. The van der Waals surface area contributed by atoms with Crippen LogP contribution in [0.25, 0.3) is 11.1 Å². The van der Waals surface area contributed by atoms with Gasteiger partial charge in [0.1, 0.15) is 11.3 Å². The van der Waals surface area contributed by atoms with E-state index in [9.17, 15) is 14.4 Å². The van der Waals surface area contributed by atoms with E-state index in [-0.39, 0.29) is 30.1 Å². The van der Waals surface area contributed by atoms with Crippen molar-refractivity contribution in [3.8, 4) is 0 Å². The fraction of sp³-hybridized carbons (Fsp3) is 0.412. The number of nitrogens with zero attached hydrogens (tertiary/aromatic N) is 2. The predicted molar refractivity (Wildman–Crippen MR) is 94.2 cm³/mol. The monoisotopic (exact) mass is 377 g/mol. The van der Waals surface area contributed by atoms with Crippen LogP contribution in [0.5, 0.6) is 0 Å². The Morgan fingerprint density at radius 3 is 2.69 bits per heavy atom. The van der Waals surface area contributed by atoms with Crippen LogP contribution >= 0.6 is 11.8 Å². The standard InChI is InChI=1S/C17H19N3O5S/c18-16(23)11-5-7-20(8-6-11)14(21)9-24-15(22)10-26-17-19-12-3-1-2-4-13(12)25-17/h1-4,11H,5-10H2,(H2,18,23). The van der Waals surface area contributed by atoms with Crippen molar-refractivity contribution in [3.63, 3.8) is 0 Å². The third-order valence-corrected chi connectivity index (χ3v) is 5.00. The lowest BCUT2D eigenvalue weighted by Crippen LogP contribution is -2.43. The lowest BCUT2D eigenvalue weighted by molar-refractivity contribution is -0.150. The summed E-state index contributed by atoms with van der Waals surface area (Å²) in [7, 11) is 0. The number of hydrogen-bond donors (Lipinski definition) is 1. The zero-order chi connectivity index (χ0) is 18.5. The number of ether oxygens (including phenoxy) is 1. The molecule has 1 aliphatic rings. The fourth-order valence-electron chi connectivity index (χ4n) is 2.72. The number of rotatable bonds is 6. The van der Waals surface area contributed by atoms with Gasteiger partial charge in [-0.05, 0) is 25.0 Å². The van der Waals surface area contributed by atoms with E-state index in [2.05, 4.69) is 4.98 Å². The Hall–Kier alpha value is -2.55. The van der Waals surface area contributed by atoms with E-state index >= 15 is 0 Å². The normalized spacial score (nSPS) is 15.2. The third kappa shape index (κ3) is 4.54. The van der Waals surface area contributed by atoms with Crippen LogP contribution in [-0.4, -0.2) is 53.1 Å². The Labute approximate surface area is 154 Å². The summed E-state index contributed by atoms with van der Waals surface area (Å²) in [6.07, 6.45) is 1.09. The first-order valence-corrected chi connectivity index (χ1v) is 9.22. The van der Waals surface area contributed by atoms with Gasteiger partial charge in [0.05, 0.1) is 0 Å². The van der Waals surface area contributed by atoms with Gasteiger partial charge in [0.25, 0.3) is 11.1 Å². The number of hydrogen-bond acceptors (Lipinski definition) is 7. The van der Waals surface area contributed by atoms with E-state index in [1.54, 1.807) is 11.0 Å². The summed E-state index contributed by atoms with van der Waals surface area (Å²) >= 11 is 1.12. The summed E-state index contributed by atoms with van der Waals surface area (Å²) in [6.45, 7) is 0.581. The second-order valence-electron chi connectivity index (χ2n) is 5.95. The van der Waals surface area contributed by atoms with Gasteiger partial charge in [-0.3, -0.25) is 14.4 Å². The van der Waals surface area contributed by atoms with Crippen LogP contribution in [-0.2, 0) is 19.1 Å². The number of aromatic nitrogens is 1. The quantitative estimate of drug-likeness (QED) is 0.594. The first-order chi connectivity index (χ1) is 12.5. The number of esters is 1. The minimum atomic E-state index is -0.516. The molecule has 0 atom stereocenters. The molecule has 2 N–H and O–H groups in total. The van der Waals surface area contributed by atoms with Crippen LogP contribution in [0.3, 0.4) is 0 Å². The predicted octanol–water partition coefficient (Wildman–Crippen LogP) is 1.19. The number of oxazole rings is 1. The second-order valence-corrected chi connectivity index (χ2v) is 6.88. The molecule has 2 amide bonds. The Morgan fingerprint density at radius 2 is 2.00 bits per heavy atom. The molecule has 0 bridgehead atoms. The number of para-hydroxylation sites is 2. The van der Waals surface area contributed by atoms with Gasteiger partial charge in [-0.1, -0.05) is 23.9 Å². The molecule has 0 aliphatic carbocycles. The number of thioether (sulfide) groups is 1. The van der Waals surface area contributed by atoms with E-state index in [1.165, 1.54) is 0 Å². The molecule has 1 fully saturated rings. The molecule has 0 saturated carbocycles. The smallest absolute Gasteiger partial charge is 0.316 e. The van der Waals surface area contributed by atoms with Gasteiger partial charge < -0.3 is 19.8 Å². The lowest BCUT2D eigenvalue weighted by atomic mass is 9.96. The van der Waals surface area contributed by atoms with E-state index in [4.69, 9.17) is 14.9 Å². The van der Waals surface area contributed by atoms with Crippen molar-refractivity contribution < 1.29 is 23.5 Å². The van der Waals surface area contributed by atoms with Gasteiger partial charge in [0, 0.05) is 19.0 Å². The molecule has 0 spiro atoms. The number of benzene rings is 1. The zero-order valence-corrected chi connectivity index (χ0v) is 14.9. The van der Waals surface area contributed by atoms with Crippen molar-refractivity contribution in [2.75, 3.05) is 25.4 Å². The van der Waals surface area contributed by atoms with Crippen molar-refractivity contribution in [2.45, 2.75) is 18.1 Å². The topological polar surface area (TPSA) is 116 Å². The van der Waals surface area contributed by atoms with Crippen LogP contribution in [0, 0.1) is 5.92 Å². The van der Waals surface area contributed by atoms with Crippen molar-refractivity contribution in [1.29, 1.82) is 0 Å². The van der Waals surface area contributed by atoms with Crippen LogP contribution in [0.15, 0.2) is 33.9 Å². The van der Waals surface area contributed by atoms with Gasteiger partial charge >= 0.3 is 5.97 Å². The van der Waals surface area contributed by atoms with Gasteiger partial charge in [-0.25, -0.2) is 4.98 Å². The lowest BCUT2D eigenvalue weighted by Gasteiger charge is -2.30. The molecule has 1 aliphatic heterocycles. The molecule has 0 radical (unpaired) electrons. The molecular formula is C17H19N3O5S. The molecule has 2 aromatic rings. The Bertz CT molecular complexity index is 781. The van der Waals surface area contributed by atoms with E-state index < -0.39 is 5.97 Å². The van der Waals surface area contributed by atoms with E-state index in [0.717, 1.165) is 17.3 Å². The van der Waals surface area contributed by atoms with Crippen molar-refractivity contribution in [1.82, 2.24) is 9.88 Å². The van der Waals surface area contributed by atoms with Gasteiger partial charge in [0.15, 0.2) is 12.2 Å². The average Bonchev–Trinajstić information content (AvgIpc) is 3.07. The summed E-state index contributed by atoms with van der Waals surface area (Å²) < 4.78 is 10.5. The number of piperidine rings is 1. The molecule has 8 nitrogen and oxygen atoms in total. The summed E-state index contributed by atoms with van der Waals surface area (Å²) in [5.41, 5.74) is 6.64. The zero-order valence-electron chi connectivity index (χ0n) is 14.1. The maximum atomic E-state index is 12.1. The van der Waals surface area contributed by atoms with Crippen molar-refractivity contribution in [3.05, 3.63) is 24.3 Å². The minimum absolute atomic E-state index is 0.00382. The molecule has 3 rings (SSSR count). The van der Waals surface area contributed by atoms with Gasteiger partial charge in [0.2, 0.25) is 5.91 Å². The van der Waals surface area contributed by atoms with E-state index in [1.807, 2.05) is 18.2 Å². The van der Waals surface area contributed by atoms with Gasteiger partial charge in [-0.15, -0.1) is 0 Å². The maximum absolute atomic E-state index is 12.1. The molecular weight excluding hydrogens is 358 g/mol. The summed E-state index contributed by atoms with van der Waals surface area (Å²) in [6, 6.07) is 7.31. The Morgan fingerprint density at radius 1 is 1.27 bits per heavy atom. The summed E-state index contributed by atoms with van der Waals surface area (Å²) in [5.74, 6) is -1.30. The number of primary amides is 1. The van der Waals surface area contributed by atoms with E-state index in [0.29, 0.717) is 36.7 Å². The highest BCUT2D eigenvalue weighted by Gasteiger charge is 2.26. The highest BCUT2D eigenvalue weighted by molar-refractivity contribution is 7.99.